The normalized spacial score (nSPS) is 11.5. The van der Waals surface area contributed by atoms with Crippen molar-refractivity contribution in [2.45, 2.75) is 57.6 Å². The van der Waals surface area contributed by atoms with Gasteiger partial charge in [0.1, 0.15) is 0 Å². The van der Waals surface area contributed by atoms with Crippen LogP contribution in [0.1, 0.15) is 39.4 Å². The predicted molar refractivity (Wildman–Crippen MR) is 103 cm³/mol. The van der Waals surface area contributed by atoms with Gasteiger partial charge in [0.25, 0.3) is 5.56 Å². The molecule has 3 rings (SSSR count). The van der Waals surface area contributed by atoms with E-state index in [-0.39, 0.29) is 5.56 Å². The minimum atomic E-state index is 0.0115. The topological polar surface area (TPSA) is 78.5 Å². The van der Waals surface area contributed by atoms with Crippen molar-refractivity contribution in [2.75, 3.05) is 0 Å². The van der Waals surface area contributed by atoms with Gasteiger partial charge in [0, 0.05) is 13.1 Å². The molecule has 7 nitrogen and oxygen atoms in total. The second-order valence-corrected chi connectivity index (χ2v) is 7.62. The number of hydrogen-bond donors (Lipinski definition) is 0. The summed E-state index contributed by atoms with van der Waals surface area (Å²) in [5.41, 5.74) is 0.739. The van der Waals surface area contributed by atoms with Crippen LogP contribution in [0.2, 0.25) is 0 Å². The highest BCUT2D eigenvalue weighted by Crippen LogP contribution is 2.22. The van der Waals surface area contributed by atoms with Crippen LogP contribution in [0.3, 0.4) is 0 Å². The van der Waals surface area contributed by atoms with E-state index in [1.165, 1.54) is 11.8 Å². The van der Waals surface area contributed by atoms with E-state index in [9.17, 15) is 4.79 Å². The van der Waals surface area contributed by atoms with E-state index >= 15 is 0 Å². The lowest BCUT2D eigenvalue weighted by molar-refractivity contribution is 0.475. The van der Waals surface area contributed by atoms with E-state index in [1.54, 1.807) is 4.57 Å². The fourth-order valence-electron chi connectivity index (χ4n) is 2.72. The predicted octanol–water partition coefficient (Wildman–Crippen LogP) is 3.13. The lowest BCUT2D eigenvalue weighted by Crippen LogP contribution is -2.25. The first-order chi connectivity index (χ1) is 12.6. The molecule has 26 heavy (non-hydrogen) atoms. The fraction of sp³-hybridized carbons (Fsp3) is 0.500. The molecule has 0 fully saturated rings. The third-order valence-electron chi connectivity index (χ3n) is 4.03. The van der Waals surface area contributed by atoms with Crippen molar-refractivity contribution < 1.29 is 0 Å². The first-order valence-corrected chi connectivity index (χ1v) is 9.96. The molecule has 2 heterocycles. The second-order valence-electron chi connectivity index (χ2n) is 6.68. The summed E-state index contributed by atoms with van der Waals surface area (Å²) in [5, 5.41) is 13.3. The number of para-hydroxylation sites is 1. The molecule has 0 radical (unpaired) electrons. The van der Waals surface area contributed by atoms with Gasteiger partial charge in [0.15, 0.2) is 11.0 Å². The lowest BCUT2D eigenvalue weighted by Gasteiger charge is -2.14. The zero-order valence-electron chi connectivity index (χ0n) is 15.4. The van der Waals surface area contributed by atoms with Crippen LogP contribution in [0.15, 0.2) is 34.2 Å². The number of hydrogen-bond acceptors (Lipinski definition) is 6. The number of rotatable bonds is 8. The van der Waals surface area contributed by atoms with Gasteiger partial charge in [-0.3, -0.25) is 9.36 Å². The number of thioether (sulfide) groups is 1. The monoisotopic (exact) mass is 372 g/mol. The van der Waals surface area contributed by atoms with E-state index in [0.29, 0.717) is 28.8 Å². The van der Waals surface area contributed by atoms with Crippen molar-refractivity contribution in [1.82, 2.24) is 29.8 Å². The minimum absolute atomic E-state index is 0.0115. The van der Waals surface area contributed by atoms with Gasteiger partial charge in [0.05, 0.1) is 16.7 Å². The van der Waals surface area contributed by atoms with Gasteiger partial charge < -0.3 is 0 Å². The van der Waals surface area contributed by atoms with Crippen LogP contribution in [0, 0.1) is 5.92 Å². The summed E-state index contributed by atoms with van der Waals surface area (Å²) in [5.74, 6) is 1.74. The van der Waals surface area contributed by atoms with Gasteiger partial charge in [0.2, 0.25) is 0 Å². The van der Waals surface area contributed by atoms with E-state index in [2.05, 4.69) is 36.3 Å². The minimum Gasteiger partial charge on any atom is -0.287 e. The van der Waals surface area contributed by atoms with Crippen LogP contribution in [0.4, 0.5) is 0 Å². The summed E-state index contributed by atoms with van der Waals surface area (Å²) < 4.78 is 3.61. The number of benzene rings is 1. The Morgan fingerprint density at radius 2 is 2.04 bits per heavy atom. The Labute approximate surface area is 156 Å². The molecule has 0 saturated heterocycles. The fourth-order valence-corrected chi connectivity index (χ4v) is 3.66. The molecule has 0 amide bonds. The molecule has 3 aromatic rings. The SMILES string of the molecule is CCCCn1nnnc1CSc1nc2ccccc2c(=O)n1CC(C)C. The first-order valence-electron chi connectivity index (χ1n) is 8.97. The molecule has 0 aliphatic heterocycles. The van der Waals surface area contributed by atoms with Crippen LogP contribution in [-0.4, -0.2) is 29.8 Å². The quantitative estimate of drug-likeness (QED) is 0.446. The van der Waals surface area contributed by atoms with Gasteiger partial charge in [-0.15, -0.1) is 5.10 Å². The average Bonchev–Trinajstić information content (AvgIpc) is 3.08. The Morgan fingerprint density at radius 3 is 2.81 bits per heavy atom. The molecule has 0 N–H and O–H groups in total. The molecule has 0 unspecified atom stereocenters. The summed E-state index contributed by atoms with van der Waals surface area (Å²) in [6.07, 6.45) is 2.13. The van der Waals surface area contributed by atoms with Crippen molar-refractivity contribution in [3.63, 3.8) is 0 Å². The van der Waals surface area contributed by atoms with Crippen LogP contribution in [-0.2, 0) is 18.8 Å². The van der Waals surface area contributed by atoms with Gasteiger partial charge in [-0.25, -0.2) is 9.67 Å². The first kappa shape index (κ1) is 18.6. The lowest BCUT2D eigenvalue weighted by atomic mass is 10.2. The Morgan fingerprint density at radius 1 is 1.23 bits per heavy atom. The molecule has 0 atom stereocenters. The molecule has 0 bridgehead atoms. The summed E-state index contributed by atoms with van der Waals surface area (Å²) in [4.78, 5) is 17.6. The molecule has 0 saturated carbocycles. The number of unbranched alkanes of at least 4 members (excludes halogenated alkanes) is 1. The summed E-state index contributed by atoms with van der Waals surface area (Å²) in [6, 6.07) is 7.49. The Balaban J connectivity index is 1.91. The largest absolute Gasteiger partial charge is 0.287 e. The third kappa shape index (κ3) is 4.12. The number of aryl methyl sites for hydroxylation is 1. The van der Waals surface area contributed by atoms with Crippen molar-refractivity contribution in [2.24, 2.45) is 5.92 Å². The Kier molecular flexibility index (Phi) is 6.03. The van der Waals surface area contributed by atoms with Crippen molar-refractivity contribution >= 4 is 22.7 Å². The van der Waals surface area contributed by atoms with Crippen LogP contribution < -0.4 is 5.56 Å². The standard InChI is InChI=1S/C18H24N6OS/c1-4-5-10-24-16(20-21-22-24)12-26-18-19-15-9-7-6-8-14(15)17(25)23(18)11-13(2)3/h6-9,13H,4-5,10-12H2,1-3H3. The number of tetrazole rings is 1. The van der Waals surface area contributed by atoms with Crippen molar-refractivity contribution in [1.29, 1.82) is 0 Å². The number of nitrogens with zero attached hydrogens (tertiary/aromatic N) is 6. The van der Waals surface area contributed by atoms with E-state index in [1.807, 2.05) is 28.9 Å². The van der Waals surface area contributed by atoms with Crippen LogP contribution >= 0.6 is 11.8 Å². The molecule has 2 aromatic heterocycles. The van der Waals surface area contributed by atoms with E-state index in [4.69, 9.17) is 4.98 Å². The molecule has 1 aromatic carbocycles. The van der Waals surface area contributed by atoms with Gasteiger partial charge >= 0.3 is 0 Å². The van der Waals surface area contributed by atoms with Crippen molar-refractivity contribution in [3.8, 4) is 0 Å². The van der Waals surface area contributed by atoms with Gasteiger partial charge in [-0.05, 0) is 34.9 Å². The van der Waals surface area contributed by atoms with Crippen molar-refractivity contribution in [3.05, 3.63) is 40.4 Å². The summed E-state index contributed by atoms with van der Waals surface area (Å²) >= 11 is 1.51. The maximum atomic E-state index is 12.9. The maximum absolute atomic E-state index is 12.9. The zero-order valence-corrected chi connectivity index (χ0v) is 16.2. The molecule has 0 spiro atoms. The van der Waals surface area contributed by atoms with E-state index in [0.717, 1.165) is 30.7 Å². The Hall–Kier alpha value is -2.22. The number of aromatic nitrogens is 6. The molecule has 8 heteroatoms. The summed E-state index contributed by atoms with van der Waals surface area (Å²) in [7, 11) is 0. The highest BCUT2D eigenvalue weighted by atomic mass is 32.2. The summed E-state index contributed by atoms with van der Waals surface area (Å²) in [6.45, 7) is 7.79. The zero-order chi connectivity index (χ0) is 18.5. The van der Waals surface area contributed by atoms with E-state index < -0.39 is 0 Å². The Bertz CT molecular complexity index is 933. The highest BCUT2D eigenvalue weighted by Gasteiger charge is 2.14. The van der Waals surface area contributed by atoms with Crippen LogP contribution in [0.25, 0.3) is 10.9 Å². The highest BCUT2D eigenvalue weighted by molar-refractivity contribution is 7.98. The third-order valence-corrected chi connectivity index (χ3v) is 5.01. The number of fused-ring (bicyclic) bond motifs is 1. The average molecular weight is 372 g/mol. The second kappa shape index (κ2) is 8.44. The molecule has 138 valence electrons. The maximum Gasteiger partial charge on any atom is 0.262 e. The molecule has 0 aliphatic carbocycles. The van der Waals surface area contributed by atoms with Gasteiger partial charge in [-0.2, -0.15) is 0 Å². The molecule has 0 aliphatic rings. The molecular weight excluding hydrogens is 348 g/mol. The van der Waals surface area contributed by atoms with Gasteiger partial charge in [-0.1, -0.05) is 51.1 Å². The molecular formula is C18H24N6OS. The smallest absolute Gasteiger partial charge is 0.262 e. The van der Waals surface area contributed by atoms with Crippen LogP contribution in [0.5, 0.6) is 0 Å².